The summed E-state index contributed by atoms with van der Waals surface area (Å²) in [6, 6.07) is 0. The molecule has 94 valence electrons. The van der Waals surface area contributed by atoms with Gasteiger partial charge in [-0.25, -0.2) is 0 Å². The first-order chi connectivity index (χ1) is 7.65. The van der Waals surface area contributed by atoms with Crippen molar-refractivity contribution >= 4 is 0 Å². The van der Waals surface area contributed by atoms with E-state index in [0.717, 1.165) is 38.6 Å². The Morgan fingerprint density at radius 3 is 2.88 bits per heavy atom. The predicted molar refractivity (Wildman–Crippen MR) is 64.4 cm³/mol. The molecule has 0 amide bonds. The number of morpholine rings is 1. The zero-order chi connectivity index (χ0) is 11.5. The van der Waals surface area contributed by atoms with Crippen LogP contribution in [0.15, 0.2) is 0 Å². The number of ether oxygens (including phenoxy) is 1. The van der Waals surface area contributed by atoms with E-state index in [1.807, 2.05) is 0 Å². The van der Waals surface area contributed by atoms with Crippen molar-refractivity contribution in [1.29, 1.82) is 0 Å². The van der Waals surface area contributed by atoms with Crippen LogP contribution >= 0.6 is 0 Å². The van der Waals surface area contributed by atoms with Crippen molar-refractivity contribution in [3.63, 3.8) is 0 Å². The molecule has 4 unspecified atom stereocenters. The lowest BCUT2D eigenvalue weighted by molar-refractivity contribution is -0.0398. The van der Waals surface area contributed by atoms with Gasteiger partial charge in [0.05, 0.1) is 18.8 Å². The second-order valence-corrected chi connectivity index (χ2v) is 5.69. The van der Waals surface area contributed by atoms with Crippen LogP contribution in [0.25, 0.3) is 0 Å². The van der Waals surface area contributed by atoms with Gasteiger partial charge in [0.1, 0.15) is 0 Å². The number of hydrogen-bond donors (Lipinski definition) is 1. The molecule has 0 radical (unpaired) electrons. The van der Waals surface area contributed by atoms with Crippen LogP contribution in [0.1, 0.15) is 33.1 Å². The highest BCUT2D eigenvalue weighted by molar-refractivity contribution is 4.81. The summed E-state index contributed by atoms with van der Waals surface area (Å²) in [6.07, 6.45) is 3.65. The molecule has 2 rings (SSSR count). The number of hydrogen-bond acceptors (Lipinski definition) is 3. The first-order valence-corrected chi connectivity index (χ1v) is 6.67. The maximum Gasteiger partial charge on any atom is 0.0674 e. The number of aliphatic hydroxyl groups is 1. The molecule has 1 saturated heterocycles. The molecule has 1 heterocycles. The quantitative estimate of drug-likeness (QED) is 0.776. The van der Waals surface area contributed by atoms with E-state index in [4.69, 9.17) is 4.74 Å². The van der Waals surface area contributed by atoms with E-state index in [2.05, 4.69) is 18.7 Å². The fraction of sp³-hybridized carbons (Fsp3) is 1.00. The van der Waals surface area contributed by atoms with E-state index < -0.39 is 0 Å². The van der Waals surface area contributed by atoms with Gasteiger partial charge in [-0.1, -0.05) is 6.92 Å². The van der Waals surface area contributed by atoms with Crippen molar-refractivity contribution in [1.82, 2.24) is 4.90 Å². The molecule has 0 spiro atoms. The minimum atomic E-state index is -0.0747. The minimum absolute atomic E-state index is 0.0747. The fourth-order valence-electron chi connectivity index (χ4n) is 3.07. The molecule has 1 aliphatic heterocycles. The third-order valence-corrected chi connectivity index (χ3v) is 4.02. The summed E-state index contributed by atoms with van der Waals surface area (Å²) >= 11 is 0. The van der Waals surface area contributed by atoms with Crippen LogP contribution in [0.5, 0.6) is 0 Å². The monoisotopic (exact) mass is 227 g/mol. The topological polar surface area (TPSA) is 32.7 Å². The predicted octanol–water partition coefficient (Wildman–Crippen LogP) is 1.50. The van der Waals surface area contributed by atoms with Gasteiger partial charge in [-0.3, -0.25) is 4.90 Å². The molecule has 1 N–H and O–H groups in total. The third kappa shape index (κ3) is 3.19. The van der Waals surface area contributed by atoms with Crippen molar-refractivity contribution in [2.75, 3.05) is 26.2 Å². The van der Waals surface area contributed by atoms with Crippen LogP contribution in [-0.2, 0) is 4.74 Å². The molecule has 0 aromatic rings. The molecule has 1 aliphatic carbocycles. The molecule has 2 aliphatic rings. The van der Waals surface area contributed by atoms with Crippen molar-refractivity contribution in [2.24, 2.45) is 11.8 Å². The smallest absolute Gasteiger partial charge is 0.0674 e. The van der Waals surface area contributed by atoms with Crippen molar-refractivity contribution in [2.45, 2.75) is 45.3 Å². The lowest BCUT2D eigenvalue weighted by Gasteiger charge is -2.38. The molecular weight excluding hydrogens is 202 g/mol. The zero-order valence-corrected chi connectivity index (χ0v) is 10.6. The normalized spacial score (nSPS) is 42.2. The average molecular weight is 227 g/mol. The second kappa shape index (κ2) is 5.48. The van der Waals surface area contributed by atoms with Crippen LogP contribution in [0.3, 0.4) is 0 Å². The summed E-state index contributed by atoms with van der Waals surface area (Å²) in [5, 5.41) is 10.0. The van der Waals surface area contributed by atoms with Crippen LogP contribution in [0, 0.1) is 11.8 Å². The van der Waals surface area contributed by atoms with Gasteiger partial charge in [-0.15, -0.1) is 0 Å². The fourth-order valence-corrected chi connectivity index (χ4v) is 3.07. The van der Waals surface area contributed by atoms with E-state index in [-0.39, 0.29) is 6.10 Å². The summed E-state index contributed by atoms with van der Waals surface area (Å²) in [6.45, 7) is 8.39. The molecule has 1 saturated carbocycles. The Bertz CT molecular complexity index is 222. The van der Waals surface area contributed by atoms with Crippen molar-refractivity contribution < 1.29 is 9.84 Å². The van der Waals surface area contributed by atoms with Crippen molar-refractivity contribution in [3.05, 3.63) is 0 Å². The van der Waals surface area contributed by atoms with E-state index >= 15 is 0 Å². The lowest BCUT2D eigenvalue weighted by Crippen LogP contribution is -2.46. The van der Waals surface area contributed by atoms with Gasteiger partial charge >= 0.3 is 0 Å². The highest BCUT2D eigenvalue weighted by Crippen LogP contribution is 2.29. The summed E-state index contributed by atoms with van der Waals surface area (Å²) in [4.78, 5) is 2.46. The Kier molecular flexibility index (Phi) is 4.22. The lowest BCUT2D eigenvalue weighted by atomic mass is 9.80. The van der Waals surface area contributed by atoms with Gasteiger partial charge < -0.3 is 9.84 Å². The number of aliphatic hydroxyl groups excluding tert-OH is 1. The van der Waals surface area contributed by atoms with E-state index in [1.54, 1.807) is 0 Å². The maximum absolute atomic E-state index is 10.0. The first-order valence-electron chi connectivity index (χ1n) is 6.67. The average Bonchev–Trinajstić information content (AvgIpc) is 2.24. The third-order valence-electron chi connectivity index (χ3n) is 4.02. The van der Waals surface area contributed by atoms with Gasteiger partial charge in [0.2, 0.25) is 0 Å². The maximum atomic E-state index is 10.0. The molecule has 4 atom stereocenters. The zero-order valence-electron chi connectivity index (χ0n) is 10.6. The van der Waals surface area contributed by atoms with Gasteiger partial charge in [0, 0.05) is 19.6 Å². The molecule has 3 nitrogen and oxygen atoms in total. The standard InChI is InChI=1S/C13H25NO2/c1-10-3-4-13(15)12(7-10)9-14-5-6-16-11(2)8-14/h10-13,15H,3-9H2,1-2H3. The van der Waals surface area contributed by atoms with Gasteiger partial charge in [0.25, 0.3) is 0 Å². The molecule has 0 bridgehead atoms. The Morgan fingerprint density at radius 2 is 2.12 bits per heavy atom. The minimum Gasteiger partial charge on any atom is -0.393 e. The molecule has 16 heavy (non-hydrogen) atoms. The van der Waals surface area contributed by atoms with Crippen LogP contribution < -0.4 is 0 Å². The van der Waals surface area contributed by atoms with Crippen LogP contribution in [-0.4, -0.2) is 48.5 Å². The van der Waals surface area contributed by atoms with Gasteiger partial charge in [-0.2, -0.15) is 0 Å². The summed E-state index contributed by atoms with van der Waals surface area (Å²) in [5.74, 6) is 1.26. The van der Waals surface area contributed by atoms with Gasteiger partial charge in [0.15, 0.2) is 0 Å². The Hall–Kier alpha value is -0.120. The molecule has 0 aromatic carbocycles. The first kappa shape index (κ1) is 12.3. The molecule has 0 aromatic heterocycles. The van der Waals surface area contributed by atoms with E-state index in [9.17, 15) is 5.11 Å². The Labute approximate surface area is 98.8 Å². The Balaban J connectivity index is 1.82. The van der Waals surface area contributed by atoms with Crippen molar-refractivity contribution in [3.8, 4) is 0 Å². The highest BCUT2D eigenvalue weighted by Gasteiger charge is 2.29. The van der Waals surface area contributed by atoms with Crippen LogP contribution in [0.2, 0.25) is 0 Å². The van der Waals surface area contributed by atoms with Gasteiger partial charge in [-0.05, 0) is 38.0 Å². The van der Waals surface area contributed by atoms with Crippen LogP contribution in [0.4, 0.5) is 0 Å². The summed E-state index contributed by atoms with van der Waals surface area (Å²) in [5.41, 5.74) is 0. The SMILES string of the molecule is CC1CCC(O)C(CN2CCOC(C)C2)C1. The number of nitrogens with zero attached hydrogens (tertiary/aromatic N) is 1. The Morgan fingerprint density at radius 1 is 1.31 bits per heavy atom. The molecule has 2 fully saturated rings. The highest BCUT2D eigenvalue weighted by atomic mass is 16.5. The summed E-state index contributed by atoms with van der Waals surface area (Å²) in [7, 11) is 0. The molecular formula is C13H25NO2. The molecule has 3 heteroatoms. The summed E-state index contributed by atoms with van der Waals surface area (Å²) < 4.78 is 5.54. The van der Waals surface area contributed by atoms with E-state index in [1.165, 1.54) is 12.8 Å². The van der Waals surface area contributed by atoms with E-state index in [0.29, 0.717) is 12.0 Å². The second-order valence-electron chi connectivity index (χ2n) is 5.69. The largest absolute Gasteiger partial charge is 0.393 e. The number of rotatable bonds is 2.